The van der Waals surface area contributed by atoms with Crippen LogP contribution in [0.3, 0.4) is 0 Å². The number of nitrogens with one attached hydrogen (secondary N) is 3. The molecule has 1 amide bonds. The molecule has 0 spiro atoms. The molecule has 106 valence electrons. The molecule has 1 rings (SSSR count). The SMILES string of the molecule is CC1CCNC1C(=O)NCC(C)(C)NS(C)(=O)=O. The van der Waals surface area contributed by atoms with Crippen LogP contribution in [0, 0.1) is 5.92 Å². The highest BCUT2D eigenvalue weighted by atomic mass is 32.2. The van der Waals surface area contributed by atoms with Gasteiger partial charge in [0.15, 0.2) is 0 Å². The van der Waals surface area contributed by atoms with Crippen molar-refractivity contribution < 1.29 is 13.2 Å². The number of carbonyl (C=O) groups is 1. The zero-order valence-corrected chi connectivity index (χ0v) is 12.2. The van der Waals surface area contributed by atoms with Gasteiger partial charge in [-0.05, 0) is 32.7 Å². The van der Waals surface area contributed by atoms with Gasteiger partial charge >= 0.3 is 0 Å². The van der Waals surface area contributed by atoms with Crippen molar-refractivity contribution in [3.05, 3.63) is 0 Å². The molecule has 6 nitrogen and oxygen atoms in total. The van der Waals surface area contributed by atoms with Crippen LogP contribution in [-0.4, -0.2) is 45.3 Å². The minimum absolute atomic E-state index is 0.0663. The smallest absolute Gasteiger partial charge is 0.237 e. The van der Waals surface area contributed by atoms with Crippen LogP contribution in [0.25, 0.3) is 0 Å². The van der Waals surface area contributed by atoms with Crippen molar-refractivity contribution in [3.8, 4) is 0 Å². The number of amides is 1. The standard InChI is InChI=1S/C11H23N3O3S/c1-8-5-6-12-9(8)10(15)13-7-11(2,3)14-18(4,16)17/h8-9,12,14H,5-7H2,1-4H3,(H,13,15). The minimum Gasteiger partial charge on any atom is -0.353 e. The molecule has 1 saturated heterocycles. The lowest BCUT2D eigenvalue weighted by atomic mass is 10.0. The third-order valence-electron chi connectivity index (χ3n) is 2.98. The van der Waals surface area contributed by atoms with Crippen LogP contribution >= 0.6 is 0 Å². The van der Waals surface area contributed by atoms with Crippen molar-refractivity contribution in [2.45, 2.75) is 38.8 Å². The quantitative estimate of drug-likeness (QED) is 0.628. The van der Waals surface area contributed by atoms with E-state index in [9.17, 15) is 13.2 Å². The second-order valence-electron chi connectivity index (χ2n) is 5.67. The van der Waals surface area contributed by atoms with Crippen LogP contribution < -0.4 is 15.4 Å². The summed E-state index contributed by atoms with van der Waals surface area (Å²) >= 11 is 0. The molecule has 1 aliphatic rings. The maximum Gasteiger partial charge on any atom is 0.237 e. The number of carbonyl (C=O) groups excluding carboxylic acids is 1. The second kappa shape index (κ2) is 5.54. The average Bonchev–Trinajstić information content (AvgIpc) is 2.57. The molecule has 1 heterocycles. The molecular weight excluding hydrogens is 254 g/mol. The molecule has 2 atom stereocenters. The van der Waals surface area contributed by atoms with Crippen molar-refractivity contribution in [2.24, 2.45) is 5.92 Å². The molecule has 0 saturated carbocycles. The van der Waals surface area contributed by atoms with Gasteiger partial charge in [0.05, 0.1) is 12.3 Å². The van der Waals surface area contributed by atoms with Gasteiger partial charge in [0.2, 0.25) is 15.9 Å². The van der Waals surface area contributed by atoms with E-state index in [2.05, 4.69) is 15.4 Å². The first-order valence-corrected chi connectivity index (χ1v) is 8.00. The van der Waals surface area contributed by atoms with E-state index in [0.717, 1.165) is 19.2 Å². The first-order valence-electron chi connectivity index (χ1n) is 6.11. The summed E-state index contributed by atoms with van der Waals surface area (Å²) in [6.07, 6.45) is 2.10. The van der Waals surface area contributed by atoms with Crippen LogP contribution in [0.1, 0.15) is 27.2 Å². The molecule has 7 heteroatoms. The lowest BCUT2D eigenvalue weighted by Gasteiger charge is -2.26. The van der Waals surface area contributed by atoms with Crippen molar-refractivity contribution >= 4 is 15.9 Å². The Morgan fingerprint density at radius 1 is 1.44 bits per heavy atom. The topological polar surface area (TPSA) is 87.3 Å². The van der Waals surface area contributed by atoms with Crippen molar-refractivity contribution in [1.29, 1.82) is 0 Å². The van der Waals surface area contributed by atoms with E-state index in [1.54, 1.807) is 13.8 Å². The molecule has 1 aliphatic heterocycles. The van der Waals surface area contributed by atoms with Crippen LogP contribution in [0.15, 0.2) is 0 Å². The fraction of sp³-hybridized carbons (Fsp3) is 0.909. The number of hydrogen-bond donors (Lipinski definition) is 3. The fourth-order valence-corrected chi connectivity index (χ4v) is 3.22. The van der Waals surface area contributed by atoms with Crippen LogP contribution in [-0.2, 0) is 14.8 Å². The van der Waals surface area contributed by atoms with Crippen molar-refractivity contribution in [2.75, 3.05) is 19.3 Å². The maximum absolute atomic E-state index is 11.9. The molecule has 0 aromatic heterocycles. The highest BCUT2D eigenvalue weighted by Crippen LogP contribution is 2.14. The molecule has 0 radical (unpaired) electrons. The van der Waals surface area contributed by atoms with Gasteiger partial charge in [0, 0.05) is 12.1 Å². The number of sulfonamides is 1. The highest BCUT2D eigenvalue weighted by molar-refractivity contribution is 7.88. The predicted molar refractivity (Wildman–Crippen MR) is 70.6 cm³/mol. The highest BCUT2D eigenvalue weighted by Gasteiger charge is 2.30. The first kappa shape index (κ1) is 15.4. The summed E-state index contributed by atoms with van der Waals surface area (Å²) < 4.78 is 24.8. The summed E-state index contributed by atoms with van der Waals surface area (Å²) in [4.78, 5) is 11.9. The Morgan fingerprint density at radius 2 is 2.06 bits per heavy atom. The molecule has 2 unspecified atom stereocenters. The molecule has 0 bridgehead atoms. The Kier molecular flexibility index (Phi) is 4.74. The number of hydrogen-bond acceptors (Lipinski definition) is 4. The molecule has 0 aliphatic carbocycles. The van der Waals surface area contributed by atoms with Gasteiger partial charge in [-0.3, -0.25) is 4.79 Å². The van der Waals surface area contributed by atoms with Gasteiger partial charge in [-0.25, -0.2) is 13.1 Å². The molecule has 18 heavy (non-hydrogen) atoms. The molecule has 1 fully saturated rings. The average molecular weight is 277 g/mol. The van der Waals surface area contributed by atoms with Gasteiger partial charge in [0.1, 0.15) is 0 Å². The number of rotatable bonds is 5. The summed E-state index contributed by atoms with van der Waals surface area (Å²) in [5, 5.41) is 5.93. The normalized spacial score (nSPS) is 25.1. The monoisotopic (exact) mass is 277 g/mol. The zero-order valence-electron chi connectivity index (χ0n) is 11.4. The van der Waals surface area contributed by atoms with E-state index in [1.807, 2.05) is 6.92 Å². The minimum atomic E-state index is -3.28. The van der Waals surface area contributed by atoms with E-state index >= 15 is 0 Å². The summed E-state index contributed by atoms with van der Waals surface area (Å²) in [5.41, 5.74) is -0.689. The van der Waals surface area contributed by atoms with E-state index in [-0.39, 0.29) is 18.5 Å². The fourth-order valence-electron chi connectivity index (χ4n) is 2.14. The lowest BCUT2D eigenvalue weighted by molar-refractivity contribution is -0.123. The summed E-state index contributed by atoms with van der Waals surface area (Å²) in [5.74, 6) is 0.249. The van der Waals surface area contributed by atoms with E-state index in [1.165, 1.54) is 0 Å². The Balaban J connectivity index is 2.47. The molecule has 3 N–H and O–H groups in total. The molecular formula is C11H23N3O3S. The van der Waals surface area contributed by atoms with Gasteiger partial charge in [0.25, 0.3) is 0 Å². The van der Waals surface area contributed by atoms with Crippen molar-refractivity contribution in [1.82, 2.24) is 15.4 Å². The third-order valence-corrected chi connectivity index (χ3v) is 3.91. The molecule has 0 aromatic carbocycles. The second-order valence-corrected chi connectivity index (χ2v) is 7.42. The van der Waals surface area contributed by atoms with Gasteiger partial charge in [-0.15, -0.1) is 0 Å². The first-order chi connectivity index (χ1) is 8.11. The third kappa shape index (κ3) is 4.91. The van der Waals surface area contributed by atoms with E-state index in [4.69, 9.17) is 0 Å². The van der Waals surface area contributed by atoms with Crippen LogP contribution in [0.5, 0.6) is 0 Å². The maximum atomic E-state index is 11.9. The van der Waals surface area contributed by atoms with Gasteiger partial charge in [-0.2, -0.15) is 0 Å². The Morgan fingerprint density at radius 3 is 2.50 bits per heavy atom. The zero-order chi connectivity index (χ0) is 14.0. The Bertz CT molecular complexity index is 406. The largest absolute Gasteiger partial charge is 0.353 e. The van der Waals surface area contributed by atoms with Crippen LogP contribution in [0.2, 0.25) is 0 Å². The lowest BCUT2D eigenvalue weighted by Crippen LogP contribution is -2.54. The molecule has 0 aromatic rings. The van der Waals surface area contributed by atoms with Crippen molar-refractivity contribution in [3.63, 3.8) is 0 Å². The Labute approximate surface area is 109 Å². The summed E-state index contributed by atoms with van der Waals surface area (Å²) in [6.45, 7) is 6.62. The summed E-state index contributed by atoms with van der Waals surface area (Å²) in [7, 11) is -3.28. The Hall–Kier alpha value is -0.660. The predicted octanol–water partition coefficient (Wildman–Crippen LogP) is -0.572. The van der Waals surface area contributed by atoms with Crippen LogP contribution in [0.4, 0.5) is 0 Å². The van der Waals surface area contributed by atoms with Gasteiger partial charge in [-0.1, -0.05) is 6.92 Å². The van der Waals surface area contributed by atoms with Gasteiger partial charge < -0.3 is 10.6 Å². The summed E-state index contributed by atoms with van der Waals surface area (Å²) in [6, 6.07) is -0.168. The van der Waals surface area contributed by atoms with E-state index in [0.29, 0.717) is 5.92 Å². The van der Waals surface area contributed by atoms with E-state index < -0.39 is 15.6 Å².